The highest BCUT2D eigenvalue weighted by atomic mass is 35.5. The molecule has 1 fully saturated rings. The average Bonchev–Trinajstić information content (AvgIpc) is 2.89. The summed E-state index contributed by atoms with van der Waals surface area (Å²) in [6, 6.07) is 4.00. The molecule has 0 N–H and O–H groups in total. The van der Waals surface area contributed by atoms with Crippen LogP contribution in [0.25, 0.3) is 0 Å². The van der Waals surface area contributed by atoms with Gasteiger partial charge in [0.1, 0.15) is 10.7 Å². The quantitative estimate of drug-likeness (QED) is 0.799. The lowest BCUT2D eigenvalue weighted by molar-refractivity contribution is 0.387. The standard InChI is InChI=1S/C14H19ClFNO2S/c1-10(2)12-5-6-17(9-12)20(18,19)14-7-11(8-15)3-4-13(14)16/h3-4,7,10,12H,5-6,8-9H2,1-2H3. The molecule has 0 bridgehead atoms. The fourth-order valence-corrected chi connectivity index (χ4v) is 4.28. The molecule has 3 nitrogen and oxygen atoms in total. The monoisotopic (exact) mass is 319 g/mol. The summed E-state index contributed by atoms with van der Waals surface area (Å²) in [7, 11) is -3.77. The molecule has 1 unspecified atom stereocenters. The maximum Gasteiger partial charge on any atom is 0.246 e. The maximum absolute atomic E-state index is 13.9. The van der Waals surface area contributed by atoms with Gasteiger partial charge in [0.25, 0.3) is 0 Å². The number of alkyl halides is 1. The molecule has 1 atom stereocenters. The Balaban J connectivity index is 2.32. The molecular formula is C14H19ClFNO2S. The van der Waals surface area contributed by atoms with Gasteiger partial charge in [0.05, 0.1) is 0 Å². The van der Waals surface area contributed by atoms with Crippen LogP contribution < -0.4 is 0 Å². The largest absolute Gasteiger partial charge is 0.246 e. The molecule has 1 saturated heterocycles. The van der Waals surface area contributed by atoms with Crippen molar-refractivity contribution in [1.82, 2.24) is 4.31 Å². The highest BCUT2D eigenvalue weighted by Crippen LogP contribution is 2.30. The van der Waals surface area contributed by atoms with Crippen molar-refractivity contribution in [3.05, 3.63) is 29.6 Å². The number of halogens is 2. The zero-order chi connectivity index (χ0) is 14.9. The van der Waals surface area contributed by atoms with Crippen LogP contribution in [-0.2, 0) is 15.9 Å². The molecule has 1 heterocycles. The third kappa shape index (κ3) is 3.00. The van der Waals surface area contributed by atoms with Crippen LogP contribution in [0.2, 0.25) is 0 Å². The minimum atomic E-state index is -3.77. The molecule has 0 saturated carbocycles. The minimum absolute atomic E-state index is 0.164. The second-order valence-electron chi connectivity index (χ2n) is 5.55. The Morgan fingerprint density at radius 1 is 1.45 bits per heavy atom. The lowest BCUT2D eigenvalue weighted by Crippen LogP contribution is -2.30. The first kappa shape index (κ1) is 15.7. The molecule has 0 aromatic heterocycles. The van der Waals surface area contributed by atoms with Gasteiger partial charge in [-0.2, -0.15) is 4.31 Å². The third-order valence-electron chi connectivity index (χ3n) is 3.90. The number of rotatable bonds is 4. The maximum atomic E-state index is 13.9. The smallest absolute Gasteiger partial charge is 0.207 e. The third-order valence-corrected chi connectivity index (χ3v) is 6.09. The Morgan fingerprint density at radius 2 is 2.15 bits per heavy atom. The van der Waals surface area contributed by atoms with Crippen LogP contribution in [-0.4, -0.2) is 25.8 Å². The van der Waals surface area contributed by atoms with Crippen molar-refractivity contribution >= 4 is 21.6 Å². The Labute approximate surface area is 124 Å². The van der Waals surface area contributed by atoms with E-state index in [4.69, 9.17) is 11.6 Å². The first-order valence-electron chi connectivity index (χ1n) is 6.70. The van der Waals surface area contributed by atoms with Gasteiger partial charge in [-0.25, -0.2) is 12.8 Å². The van der Waals surface area contributed by atoms with E-state index in [1.54, 1.807) is 0 Å². The predicted octanol–water partition coefficient (Wildman–Crippen LogP) is 3.23. The van der Waals surface area contributed by atoms with Crippen LogP contribution in [0.1, 0.15) is 25.8 Å². The number of hydrogen-bond acceptors (Lipinski definition) is 2. The molecule has 20 heavy (non-hydrogen) atoms. The van der Waals surface area contributed by atoms with Gasteiger partial charge in [-0.3, -0.25) is 0 Å². The second kappa shape index (κ2) is 6.00. The SMILES string of the molecule is CC(C)C1CCN(S(=O)(=O)c2cc(CCl)ccc2F)C1. The van der Waals surface area contributed by atoms with E-state index < -0.39 is 15.8 Å². The van der Waals surface area contributed by atoms with Crippen LogP contribution in [0.5, 0.6) is 0 Å². The van der Waals surface area contributed by atoms with E-state index in [1.807, 2.05) is 0 Å². The molecule has 0 aliphatic carbocycles. The average molecular weight is 320 g/mol. The Hall–Kier alpha value is -0.650. The van der Waals surface area contributed by atoms with Crippen LogP contribution in [0, 0.1) is 17.7 Å². The van der Waals surface area contributed by atoms with Gasteiger partial charge in [0.15, 0.2) is 0 Å². The van der Waals surface area contributed by atoms with Crippen molar-refractivity contribution in [2.45, 2.75) is 31.0 Å². The predicted molar refractivity (Wildman–Crippen MR) is 77.7 cm³/mol. The van der Waals surface area contributed by atoms with E-state index in [0.717, 1.165) is 6.42 Å². The molecule has 0 radical (unpaired) electrons. The fourth-order valence-electron chi connectivity index (χ4n) is 2.48. The van der Waals surface area contributed by atoms with Gasteiger partial charge in [-0.1, -0.05) is 19.9 Å². The number of benzene rings is 1. The molecule has 0 amide bonds. The first-order chi connectivity index (χ1) is 9.36. The molecule has 112 valence electrons. The van der Waals surface area contributed by atoms with Crippen molar-refractivity contribution in [2.75, 3.05) is 13.1 Å². The lowest BCUT2D eigenvalue weighted by Gasteiger charge is -2.18. The van der Waals surface area contributed by atoms with E-state index in [2.05, 4.69) is 13.8 Å². The second-order valence-corrected chi connectivity index (χ2v) is 7.73. The first-order valence-corrected chi connectivity index (χ1v) is 8.68. The highest BCUT2D eigenvalue weighted by Gasteiger charge is 2.35. The summed E-state index contributed by atoms with van der Waals surface area (Å²) in [5, 5.41) is 0. The molecule has 1 aromatic rings. The van der Waals surface area contributed by atoms with Crippen LogP contribution in [0.4, 0.5) is 4.39 Å². The summed E-state index contributed by atoms with van der Waals surface area (Å²) < 4.78 is 40.3. The fraction of sp³-hybridized carbons (Fsp3) is 0.571. The Morgan fingerprint density at radius 3 is 2.70 bits per heavy atom. The summed E-state index contributed by atoms with van der Waals surface area (Å²) in [5.41, 5.74) is 0.603. The molecule has 2 rings (SSSR count). The number of nitrogens with zero attached hydrogens (tertiary/aromatic N) is 1. The van der Waals surface area contributed by atoms with Gasteiger partial charge in [-0.15, -0.1) is 11.6 Å². The summed E-state index contributed by atoms with van der Waals surface area (Å²) >= 11 is 5.69. The van der Waals surface area contributed by atoms with E-state index in [0.29, 0.717) is 30.5 Å². The summed E-state index contributed by atoms with van der Waals surface area (Å²) in [6.07, 6.45) is 0.827. The van der Waals surface area contributed by atoms with Crippen LogP contribution >= 0.6 is 11.6 Å². The lowest BCUT2D eigenvalue weighted by atomic mass is 9.96. The van der Waals surface area contributed by atoms with Crippen molar-refractivity contribution in [3.63, 3.8) is 0 Å². The Bertz CT molecular complexity index is 589. The van der Waals surface area contributed by atoms with Crippen LogP contribution in [0.15, 0.2) is 23.1 Å². The van der Waals surface area contributed by atoms with E-state index >= 15 is 0 Å². The molecule has 1 aliphatic heterocycles. The zero-order valence-corrected chi connectivity index (χ0v) is 13.2. The molecule has 1 aliphatic rings. The van der Waals surface area contributed by atoms with Crippen molar-refractivity contribution in [3.8, 4) is 0 Å². The van der Waals surface area contributed by atoms with E-state index in [1.165, 1.54) is 22.5 Å². The van der Waals surface area contributed by atoms with Crippen molar-refractivity contribution < 1.29 is 12.8 Å². The van der Waals surface area contributed by atoms with E-state index in [9.17, 15) is 12.8 Å². The molecular weight excluding hydrogens is 301 g/mol. The topological polar surface area (TPSA) is 37.4 Å². The normalized spacial score (nSPS) is 20.8. The molecule has 6 heteroatoms. The van der Waals surface area contributed by atoms with Gasteiger partial charge in [0.2, 0.25) is 10.0 Å². The zero-order valence-electron chi connectivity index (χ0n) is 11.6. The summed E-state index contributed by atoms with van der Waals surface area (Å²) in [5.74, 6) is 0.211. The van der Waals surface area contributed by atoms with Crippen molar-refractivity contribution in [1.29, 1.82) is 0 Å². The van der Waals surface area contributed by atoms with Gasteiger partial charge < -0.3 is 0 Å². The van der Waals surface area contributed by atoms with Crippen LogP contribution in [0.3, 0.4) is 0 Å². The van der Waals surface area contributed by atoms with E-state index in [-0.39, 0.29) is 10.8 Å². The highest BCUT2D eigenvalue weighted by molar-refractivity contribution is 7.89. The molecule has 1 aromatic carbocycles. The molecule has 0 spiro atoms. The summed E-state index contributed by atoms with van der Waals surface area (Å²) in [4.78, 5) is -0.264. The number of sulfonamides is 1. The summed E-state index contributed by atoms with van der Waals surface area (Å²) in [6.45, 7) is 5.07. The minimum Gasteiger partial charge on any atom is -0.207 e. The van der Waals surface area contributed by atoms with Gasteiger partial charge in [0, 0.05) is 19.0 Å². The number of hydrogen-bond donors (Lipinski definition) is 0. The van der Waals surface area contributed by atoms with Gasteiger partial charge >= 0.3 is 0 Å². The van der Waals surface area contributed by atoms with Gasteiger partial charge in [-0.05, 0) is 36.0 Å². The van der Waals surface area contributed by atoms with Crippen molar-refractivity contribution in [2.24, 2.45) is 11.8 Å². The Kier molecular flexibility index (Phi) is 4.72.